The molecule has 1 aliphatic heterocycles. The maximum atomic E-state index is 12.2. The minimum Gasteiger partial charge on any atom is -0.504 e. The van der Waals surface area contributed by atoms with Crippen molar-refractivity contribution in [3.05, 3.63) is 53.3 Å². The Morgan fingerprint density at radius 2 is 1.85 bits per heavy atom. The third-order valence-corrected chi connectivity index (χ3v) is 3.14. The highest BCUT2D eigenvalue weighted by atomic mass is 16.3. The summed E-state index contributed by atoms with van der Waals surface area (Å²) in [5.41, 5.74) is 0.484. The van der Waals surface area contributed by atoms with E-state index in [9.17, 15) is 19.8 Å². The monoisotopic (exact) mass is 270 g/mol. The van der Waals surface area contributed by atoms with Crippen molar-refractivity contribution in [2.24, 2.45) is 0 Å². The summed E-state index contributed by atoms with van der Waals surface area (Å²) in [6.07, 6.45) is 1.57. The number of rotatable bonds is 2. The van der Waals surface area contributed by atoms with Gasteiger partial charge in [-0.2, -0.15) is 0 Å². The third-order valence-electron chi connectivity index (χ3n) is 3.14. The van der Waals surface area contributed by atoms with Crippen molar-refractivity contribution in [2.75, 3.05) is 0 Å². The Balaban J connectivity index is 2.00. The highest BCUT2D eigenvalue weighted by Crippen LogP contribution is 2.36. The zero-order valence-corrected chi connectivity index (χ0v) is 10.3. The lowest BCUT2D eigenvalue weighted by molar-refractivity contribution is 0.0639. The number of fused-ring (bicyclic) bond motifs is 1. The molecule has 6 heteroatoms. The first kappa shape index (κ1) is 12.2. The van der Waals surface area contributed by atoms with Crippen LogP contribution in [0.1, 0.15) is 26.4 Å². The van der Waals surface area contributed by atoms with Gasteiger partial charge in [-0.3, -0.25) is 19.5 Å². The number of hydrogen-bond donors (Lipinski definition) is 2. The summed E-state index contributed by atoms with van der Waals surface area (Å²) < 4.78 is 0. The average molecular weight is 270 g/mol. The number of amides is 2. The molecular formula is C14H10N2O4. The molecule has 0 aliphatic carbocycles. The second kappa shape index (κ2) is 4.34. The summed E-state index contributed by atoms with van der Waals surface area (Å²) in [5.74, 6) is -2.14. The second-order valence-corrected chi connectivity index (χ2v) is 4.37. The van der Waals surface area contributed by atoms with Gasteiger partial charge in [0.05, 0.1) is 23.4 Å². The van der Waals surface area contributed by atoms with E-state index in [1.165, 1.54) is 12.1 Å². The summed E-state index contributed by atoms with van der Waals surface area (Å²) in [6, 6.07) is 7.69. The molecular weight excluding hydrogens is 260 g/mol. The van der Waals surface area contributed by atoms with Crippen LogP contribution in [0.15, 0.2) is 36.5 Å². The number of phenolic OH excluding ortho intramolecular Hbond substituents is 2. The highest BCUT2D eigenvalue weighted by molar-refractivity contribution is 6.22. The molecule has 100 valence electrons. The second-order valence-electron chi connectivity index (χ2n) is 4.37. The van der Waals surface area contributed by atoms with Crippen LogP contribution in [0, 0.1) is 0 Å². The van der Waals surface area contributed by atoms with Crippen LogP contribution in [-0.2, 0) is 6.54 Å². The van der Waals surface area contributed by atoms with Crippen LogP contribution < -0.4 is 0 Å². The van der Waals surface area contributed by atoms with Gasteiger partial charge in [0.15, 0.2) is 11.5 Å². The zero-order valence-electron chi connectivity index (χ0n) is 10.3. The number of benzene rings is 1. The molecule has 2 amide bonds. The van der Waals surface area contributed by atoms with Gasteiger partial charge in [0.2, 0.25) is 0 Å². The summed E-state index contributed by atoms with van der Waals surface area (Å²) in [5, 5.41) is 19.1. The van der Waals surface area contributed by atoms with E-state index in [0.29, 0.717) is 5.69 Å². The summed E-state index contributed by atoms with van der Waals surface area (Å²) in [7, 11) is 0. The van der Waals surface area contributed by atoms with E-state index in [2.05, 4.69) is 4.98 Å². The SMILES string of the molecule is O=C1c2ccc(O)c(O)c2C(=O)N1Cc1ccccn1. The van der Waals surface area contributed by atoms with Crippen LogP contribution in [0.2, 0.25) is 0 Å². The predicted molar refractivity (Wildman–Crippen MR) is 68.2 cm³/mol. The third kappa shape index (κ3) is 1.70. The van der Waals surface area contributed by atoms with Crippen molar-refractivity contribution in [1.82, 2.24) is 9.88 Å². The Hall–Kier alpha value is -2.89. The molecule has 0 fully saturated rings. The van der Waals surface area contributed by atoms with Gasteiger partial charge < -0.3 is 10.2 Å². The minimum absolute atomic E-state index is 0.0212. The lowest BCUT2D eigenvalue weighted by atomic mass is 10.1. The molecule has 1 aromatic heterocycles. The molecule has 1 aliphatic rings. The van der Waals surface area contributed by atoms with E-state index in [1.54, 1.807) is 24.4 Å². The normalized spacial score (nSPS) is 13.7. The smallest absolute Gasteiger partial charge is 0.265 e. The fourth-order valence-electron chi connectivity index (χ4n) is 2.14. The lowest BCUT2D eigenvalue weighted by Crippen LogP contribution is -2.29. The Morgan fingerprint density at radius 3 is 2.55 bits per heavy atom. The van der Waals surface area contributed by atoms with Crippen LogP contribution in [0.3, 0.4) is 0 Å². The Morgan fingerprint density at radius 1 is 1.05 bits per heavy atom. The number of hydrogen-bond acceptors (Lipinski definition) is 5. The first-order valence-corrected chi connectivity index (χ1v) is 5.90. The highest BCUT2D eigenvalue weighted by Gasteiger charge is 2.38. The predicted octanol–water partition coefficient (Wildman–Crippen LogP) is 1.29. The van der Waals surface area contributed by atoms with Gasteiger partial charge in [-0.1, -0.05) is 6.07 Å². The van der Waals surface area contributed by atoms with Gasteiger partial charge in [-0.05, 0) is 24.3 Å². The molecule has 3 rings (SSSR count). The fourth-order valence-corrected chi connectivity index (χ4v) is 2.14. The number of aromatic hydroxyl groups is 2. The van der Waals surface area contributed by atoms with Gasteiger partial charge in [-0.15, -0.1) is 0 Å². The molecule has 0 radical (unpaired) electrons. The van der Waals surface area contributed by atoms with E-state index in [0.717, 1.165) is 4.90 Å². The number of nitrogens with zero attached hydrogens (tertiary/aromatic N) is 2. The van der Waals surface area contributed by atoms with Crippen LogP contribution in [0.25, 0.3) is 0 Å². The van der Waals surface area contributed by atoms with Crippen molar-refractivity contribution in [2.45, 2.75) is 6.54 Å². The molecule has 1 aromatic carbocycles. The summed E-state index contributed by atoms with van der Waals surface area (Å²) >= 11 is 0. The largest absolute Gasteiger partial charge is 0.504 e. The van der Waals surface area contributed by atoms with Crippen molar-refractivity contribution in [3.63, 3.8) is 0 Å². The van der Waals surface area contributed by atoms with Crippen molar-refractivity contribution < 1.29 is 19.8 Å². The molecule has 0 saturated carbocycles. The van der Waals surface area contributed by atoms with Crippen LogP contribution in [0.4, 0.5) is 0 Å². The van der Waals surface area contributed by atoms with Crippen LogP contribution in [-0.4, -0.2) is 31.9 Å². The quantitative estimate of drug-likeness (QED) is 0.634. The van der Waals surface area contributed by atoms with E-state index >= 15 is 0 Å². The summed E-state index contributed by atoms with van der Waals surface area (Å²) in [6.45, 7) is 0.0212. The molecule has 2 N–H and O–H groups in total. The van der Waals surface area contributed by atoms with Gasteiger partial charge in [0.1, 0.15) is 0 Å². The molecule has 0 spiro atoms. The standard InChI is InChI=1S/C14H10N2O4/c17-10-5-4-9-11(12(10)18)14(20)16(13(9)19)7-8-3-1-2-6-15-8/h1-6,17-18H,7H2. The maximum Gasteiger partial charge on any atom is 0.265 e. The molecule has 6 nitrogen and oxygen atoms in total. The fraction of sp³-hybridized carbons (Fsp3) is 0.0714. The Bertz CT molecular complexity index is 713. The Labute approximate surface area is 113 Å². The first-order valence-electron chi connectivity index (χ1n) is 5.90. The van der Waals surface area contributed by atoms with Gasteiger partial charge in [-0.25, -0.2) is 0 Å². The molecule has 0 bridgehead atoms. The van der Waals surface area contributed by atoms with E-state index < -0.39 is 23.3 Å². The average Bonchev–Trinajstić information content (AvgIpc) is 2.69. The van der Waals surface area contributed by atoms with Gasteiger partial charge >= 0.3 is 0 Å². The van der Waals surface area contributed by atoms with E-state index in [4.69, 9.17) is 0 Å². The summed E-state index contributed by atoms with van der Waals surface area (Å²) in [4.78, 5) is 29.4. The number of aromatic nitrogens is 1. The van der Waals surface area contributed by atoms with Gasteiger partial charge in [0, 0.05) is 6.20 Å². The van der Waals surface area contributed by atoms with E-state index in [1.807, 2.05) is 0 Å². The molecule has 20 heavy (non-hydrogen) atoms. The van der Waals surface area contributed by atoms with Gasteiger partial charge in [0.25, 0.3) is 11.8 Å². The topological polar surface area (TPSA) is 90.7 Å². The Kier molecular flexibility index (Phi) is 2.64. The van der Waals surface area contributed by atoms with E-state index in [-0.39, 0.29) is 17.7 Å². The number of carbonyl (C=O) groups excluding carboxylic acids is 2. The molecule has 0 unspecified atom stereocenters. The lowest BCUT2D eigenvalue weighted by Gasteiger charge is -2.12. The minimum atomic E-state index is -0.635. The molecule has 2 aromatic rings. The molecule has 0 atom stereocenters. The maximum absolute atomic E-state index is 12.2. The number of phenols is 2. The zero-order chi connectivity index (χ0) is 14.3. The van der Waals surface area contributed by atoms with Crippen molar-refractivity contribution >= 4 is 11.8 Å². The van der Waals surface area contributed by atoms with Crippen LogP contribution in [0.5, 0.6) is 11.5 Å². The number of carbonyl (C=O) groups is 2. The van der Waals surface area contributed by atoms with Crippen LogP contribution >= 0.6 is 0 Å². The van der Waals surface area contributed by atoms with Crippen molar-refractivity contribution in [3.8, 4) is 11.5 Å². The first-order chi connectivity index (χ1) is 9.59. The van der Waals surface area contributed by atoms with Crippen molar-refractivity contribution in [1.29, 1.82) is 0 Å². The number of imide groups is 1. The number of pyridine rings is 1. The molecule has 0 saturated heterocycles. The molecule has 2 heterocycles.